The molecule has 1 unspecified atom stereocenters. The number of rotatable bonds is 2. The standard InChI is InChI=1S/C10H14F3N5O/c1-6(4-14)8(19)17-2-3-18-7(5-17)15-16-9(18)10(11,12)13/h6H,2-5,14H2,1H3. The molecule has 2 N–H and O–H groups in total. The van der Waals surface area contributed by atoms with Crippen molar-refractivity contribution in [1.29, 1.82) is 0 Å². The Kier molecular flexibility index (Phi) is 3.48. The molecule has 1 amide bonds. The Hall–Kier alpha value is -1.64. The molecule has 0 saturated carbocycles. The first kappa shape index (κ1) is 13.8. The topological polar surface area (TPSA) is 77.0 Å². The number of aromatic nitrogens is 3. The second-order valence-corrected chi connectivity index (χ2v) is 4.49. The van der Waals surface area contributed by atoms with Gasteiger partial charge >= 0.3 is 6.18 Å². The largest absolute Gasteiger partial charge is 0.451 e. The summed E-state index contributed by atoms with van der Waals surface area (Å²) in [6.07, 6.45) is -4.53. The lowest BCUT2D eigenvalue weighted by atomic mass is 10.1. The molecule has 6 nitrogen and oxygen atoms in total. The van der Waals surface area contributed by atoms with Gasteiger partial charge in [-0.05, 0) is 0 Å². The Labute approximate surface area is 107 Å². The Morgan fingerprint density at radius 1 is 1.42 bits per heavy atom. The molecule has 1 atom stereocenters. The first-order valence-electron chi connectivity index (χ1n) is 5.82. The molecule has 0 fully saturated rings. The third kappa shape index (κ3) is 2.55. The molecule has 1 aliphatic heterocycles. The summed E-state index contributed by atoms with van der Waals surface area (Å²) in [5.74, 6) is -1.39. The van der Waals surface area contributed by atoms with E-state index in [1.54, 1.807) is 6.92 Å². The number of carbonyl (C=O) groups excluding carboxylic acids is 1. The van der Waals surface area contributed by atoms with Crippen molar-refractivity contribution in [3.63, 3.8) is 0 Å². The molecule has 19 heavy (non-hydrogen) atoms. The zero-order valence-corrected chi connectivity index (χ0v) is 10.3. The highest BCUT2D eigenvalue weighted by Gasteiger charge is 2.40. The Bertz CT molecular complexity index is 484. The van der Waals surface area contributed by atoms with Crippen LogP contribution in [0.1, 0.15) is 18.6 Å². The summed E-state index contributed by atoms with van der Waals surface area (Å²) in [7, 11) is 0. The fourth-order valence-electron chi connectivity index (χ4n) is 1.97. The van der Waals surface area contributed by atoms with Crippen molar-refractivity contribution in [3.8, 4) is 0 Å². The molecule has 106 valence electrons. The molecule has 2 rings (SSSR count). The van der Waals surface area contributed by atoms with Crippen molar-refractivity contribution in [3.05, 3.63) is 11.6 Å². The Balaban J connectivity index is 2.18. The van der Waals surface area contributed by atoms with Crippen LogP contribution in [0.25, 0.3) is 0 Å². The van der Waals surface area contributed by atoms with Crippen LogP contribution in [-0.4, -0.2) is 38.7 Å². The van der Waals surface area contributed by atoms with E-state index in [4.69, 9.17) is 5.73 Å². The van der Waals surface area contributed by atoms with E-state index in [0.717, 1.165) is 4.57 Å². The van der Waals surface area contributed by atoms with Gasteiger partial charge in [-0.15, -0.1) is 10.2 Å². The average molecular weight is 277 g/mol. The van der Waals surface area contributed by atoms with Crippen LogP contribution in [0.15, 0.2) is 0 Å². The van der Waals surface area contributed by atoms with E-state index in [2.05, 4.69) is 10.2 Å². The summed E-state index contributed by atoms with van der Waals surface area (Å²) in [6.45, 7) is 2.17. The summed E-state index contributed by atoms with van der Waals surface area (Å²) >= 11 is 0. The lowest BCUT2D eigenvalue weighted by molar-refractivity contribution is -0.148. The van der Waals surface area contributed by atoms with Crippen molar-refractivity contribution < 1.29 is 18.0 Å². The summed E-state index contributed by atoms with van der Waals surface area (Å²) in [5.41, 5.74) is 5.41. The highest BCUT2D eigenvalue weighted by Crippen LogP contribution is 2.29. The van der Waals surface area contributed by atoms with E-state index < -0.39 is 12.0 Å². The molecule has 0 aromatic carbocycles. The molecule has 1 aliphatic rings. The molecule has 0 radical (unpaired) electrons. The number of hydrogen-bond donors (Lipinski definition) is 1. The minimum absolute atomic E-state index is 0.0340. The van der Waals surface area contributed by atoms with E-state index in [-0.39, 0.29) is 43.8 Å². The fourth-order valence-corrected chi connectivity index (χ4v) is 1.97. The number of halogens is 3. The number of amides is 1. The van der Waals surface area contributed by atoms with Gasteiger partial charge in [0.15, 0.2) is 5.82 Å². The highest BCUT2D eigenvalue weighted by molar-refractivity contribution is 5.78. The van der Waals surface area contributed by atoms with Crippen LogP contribution in [0.5, 0.6) is 0 Å². The summed E-state index contributed by atoms with van der Waals surface area (Å²) in [5, 5.41) is 6.66. The van der Waals surface area contributed by atoms with Crippen LogP contribution in [0.3, 0.4) is 0 Å². The number of nitrogens with zero attached hydrogens (tertiary/aromatic N) is 4. The Morgan fingerprint density at radius 3 is 2.68 bits per heavy atom. The lowest BCUT2D eigenvalue weighted by Gasteiger charge is -2.29. The first-order valence-corrected chi connectivity index (χ1v) is 5.82. The van der Waals surface area contributed by atoms with Gasteiger partial charge in [0.25, 0.3) is 0 Å². The molecule has 1 aromatic heterocycles. The minimum Gasteiger partial charge on any atom is -0.333 e. The number of nitrogens with two attached hydrogens (primary N) is 1. The number of fused-ring (bicyclic) bond motifs is 1. The molecule has 0 saturated heterocycles. The van der Waals surface area contributed by atoms with Crippen LogP contribution in [-0.2, 0) is 24.1 Å². The lowest BCUT2D eigenvalue weighted by Crippen LogP contribution is -2.43. The maximum absolute atomic E-state index is 12.6. The maximum atomic E-state index is 12.6. The fraction of sp³-hybridized carbons (Fsp3) is 0.700. The van der Waals surface area contributed by atoms with E-state index >= 15 is 0 Å². The third-order valence-electron chi connectivity index (χ3n) is 3.09. The number of hydrogen-bond acceptors (Lipinski definition) is 4. The highest BCUT2D eigenvalue weighted by atomic mass is 19.4. The molecular weight excluding hydrogens is 263 g/mol. The summed E-state index contributed by atoms with van der Waals surface area (Å²) < 4.78 is 38.9. The van der Waals surface area contributed by atoms with Gasteiger partial charge in [-0.1, -0.05) is 6.92 Å². The molecule has 0 spiro atoms. The van der Waals surface area contributed by atoms with Gasteiger partial charge in [0, 0.05) is 25.6 Å². The molecule has 1 aromatic rings. The van der Waals surface area contributed by atoms with E-state index in [9.17, 15) is 18.0 Å². The van der Waals surface area contributed by atoms with Gasteiger partial charge in [-0.3, -0.25) is 4.79 Å². The van der Waals surface area contributed by atoms with Gasteiger partial charge in [-0.25, -0.2) is 0 Å². The van der Waals surface area contributed by atoms with Gasteiger partial charge in [0.1, 0.15) is 0 Å². The van der Waals surface area contributed by atoms with Crippen molar-refractivity contribution in [2.24, 2.45) is 11.7 Å². The van der Waals surface area contributed by atoms with E-state index in [1.165, 1.54) is 4.90 Å². The van der Waals surface area contributed by atoms with Crippen molar-refractivity contribution in [2.45, 2.75) is 26.2 Å². The zero-order valence-electron chi connectivity index (χ0n) is 10.3. The predicted octanol–water partition coefficient (Wildman–Crippen LogP) is 0.234. The molecule has 0 bridgehead atoms. The van der Waals surface area contributed by atoms with Crippen molar-refractivity contribution in [2.75, 3.05) is 13.1 Å². The minimum atomic E-state index is -4.53. The second kappa shape index (κ2) is 4.80. The smallest absolute Gasteiger partial charge is 0.333 e. The van der Waals surface area contributed by atoms with Gasteiger partial charge in [0.2, 0.25) is 11.7 Å². The van der Waals surface area contributed by atoms with Crippen LogP contribution in [0.4, 0.5) is 13.2 Å². The normalized spacial score (nSPS) is 17.2. The number of carbonyl (C=O) groups is 1. The zero-order chi connectivity index (χ0) is 14.2. The van der Waals surface area contributed by atoms with Crippen LogP contribution < -0.4 is 5.73 Å². The molecular formula is C10H14F3N5O. The number of alkyl halides is 3. The Morgan fingerprint density at radius 2 is 2.11 bits per heavy atom. The SMILES string of the molecule is CC(CN)C(=O)N1CCn2c(nnc2C(F)(F)F)C1. The van der Waals surface area contributed by atoms with Gasteiger partial charge in [-0.2, -0.15) is 13.2 Å². The van der Waals surface area contributed by atoms with Crippen LogP contribution in [0, 0.1) is 5.92 Å². The molecule has 9 heteroatoms. The monoisotopic (exact) mass is 277 g/mol. The molecule has 2 heterocycles. The van der Waals surface area contributed by atoms with Gasteiger partial charge in [0.05, 0.1) is 6.54 Å². The maximum Gasteiger partial charge on any atom is 0.451 e. The van der Waals surface area contributed by atoms with Crippen molar-refractivity contribution >= 4 is 5.91 Å². The summed E-state index contributed by atoms with van der Waals surface area (Å²) in [6, 6.07) is 0. The third-order valence-corrected chi connectivity index (χ3v) is 3.09. The average Bonchev–Trinajstić information content (AvgIpc) is 2.79. The predicted molar refractivity (Wildman–Crippen MR) is 58.7 cm³/mol. The van der Waals surface area contributed by atoms with E-state index in [0.29, 0.717) is 0 Å². The van der Waals surface area contributed by atoms with Crippen LogP contribution >= 0.6 is 0 Å². The van der Waals surface area contributed by atoms with Gasteiger partial charge < -0.3 is 15.2 Å². The van der Waals surface area contributed by atoms with E-state index in [1.807, 2.05) is 0 Å². The quantitative estimate of drug-likeness (QED) is 0.839. The second-order valence-electron chi connectivity index (χ2n) is 4.49. The van der Waals surface area contributed by atoms with Crippen LogP contribution in [0.2, 0.25) is 0 Å². The van der Waals surface area contributed by atoms with Crippen molar-refractivity contribution in [1.82, 2.24) is 19.7 Å². The molecule has 0 aliphatic carbocycles. The summed E-state index contributed by atoms with van der Waals surface area (Å²) in [4.78, 5) is 13.4. The first-order chi connectivity index (χ1) is 8.84.